The highest BCUT2D eigenvalue weighted by Crippen LogP contribution is 2.16. The Labute approximate surface area is 78.4 Å². The highest BCUT2D eigenvalue weighted by molar-refractivity contribution is 5.83. The fourth-order valence-electron chi connectivity index (χ4n) is 1.34. The Kier molecular flexibility index (Phi) is 3.43. The Morgan fingerprint density at radius 3 is 2.69 bits per heavy atom. The summed E-state index contributed by atoms with van der Waals surface area (Å²) in [5.74, 6) is 0. The average Bonchev–Trinajstić information content (AvgIpc) is 2.20. The number of hydrogen-bond acceptors (Lipinski definition) is 3. The van der Waals surface area contributed by atoms with Crippen molar-refractivity contribution in [1.82, 2.24) is 4.98 Å². The predicted molar refractivity (Wildman–Crippen MR) is 53.2 cm³/mol. The van der Waals surface area contributed by atoms with Crippen LogP contribution in [0.5, 0.6) is 0 Å². The Morgan fingerprint density at radius 1 is 1.46 bits per heavy atom. The molecule has 0 aromatic carbocycles. The summed E-state index contributed by atoms with van der Waals surface area (Å²) >= 11 is 0. The van der Waals surface area contributed by atoms with Gasteiger partial charge in [-0.2, -0.15) is 0 Å². The summed E-state index contributed by atoms with van der Waals surface area (Å²) in [6.45, 7) is 5.94. The maximum atomic E-state index is 10.7. The van der Waals surface area contributed by atoms with Gasteiger partial charge in [-0.15, -0.1) is 0 Å². The van der Waals surface area contributed by atoms with Gasteiger partial charge in [-0.25, -0.2) is 0 Å². The van der Waals surface area contributed by atoms with Crippen LogP contribution < -0.4 is 4.90 Å². The van der Waals surface area contributed by atoms with Crippen LogP contribution in [0.1, 0.15) is 24.2 Å². The van der Waals surface area contributed by atoms with Gasteiger partial charge in [-0.3, -0.25) is 9.78 Å². The lowest BCUT2D eigenvalue weighted by atomic mass is 10.2. The standard InChI is InChI=1S/C10H14N2O/c1-3-12(4-2)10-5-6-11-7-9(10)8-13/h5-8H,3-4H2,1-2H3. The van der Waals surface area contributed by atoms with Gasteiger partial charge < -0.3 is 4.90 Å². The first kappa shape index (κ1) is 9.71. The molecule has 0 saturated heterocycles. The third-order valence-corrected chi connectivity index (χ3v) is 2.06. The zero-order valence-electron chi connectivity index (χ0n) is 8.03. The lowest BCUT2D eigenvalue weighted by Crippen LogP contribution is -2.23. The molecule has 0 saturated carbocycles. The van der Waals surface area contributed by atoms with Gasteiger partial charge in [-0.1, -0.05) is 0 Å². The van der Waals surface area contributed by atoms with Crippen LogP contribution in [-0.2, 0) is 0 Å². The number of nitrogens with zero attached hydrogens (tertiary/aromatic N) is 2. The molecule has 0 atom stereocenters. The molecule has 0 fully saturated rings. The number of anilines is 1. The minimum Gasteiger partial charge on any atom is -0.371 e. The van der Waals surface area contributed by atoms with E-state index in [2.05, 4.69) is 23.7 Å². The predicted octanol–water partition coefficient (Wildman–Crippen LogP) is 1.74. The number of hydrogen-bond donors (Lipinski definition) is 0. The normalized spacial score (nSPS) is 9.69. The fourth-order valence-corrected chi connectivity index (χ4v) is 1.34. The van der Waals surface area contributed by atoms with Crippen molar-refractivity contribution in [2.24, 2.45) is 0 Å². The number of carbonyl (C=O) groups excluding carboxylic acids is 1. The molecule has 1 heterocycles. The van der Waals surface area contributed by atoms with Gasteiger partial charge >= 0.3 is 0 Å². The molecule has 0 aliphatic carbocycles. The van der Waals surface area contributed by atoms with E-state index < -0.39 is 0 Å². The second-order valence-electron chi connectivity index (χ2n) is 2.72. The largest absolute Gasteiger partial charge is 0.371 e. The van der Waals surface area contributed by atoms with E-state index >= 15 is 0 Å². The number of pyridine rings is 1. The first-order chi connectivity index (χ1) is 6.33. The van der Waals surface area contributed by atoms with E-state index in [1.54, 1.807) is 12.4 Å². The van der Waals surface area contributed by atoms with Crippen molar-refractivity contribution in [3.63, 3.8) is 0 Å². The molecule has 1 rings (SSSR count). The molecule has 0 N–H and O–H groups in total. The van der Waals surface area contributed by atoms with Crippen molar-refractivity contribution in [1.29, 1.82) is 0 Å². The Bertz CT molecular complexity index is 282. The average molecular weight is 178 g/mol. The number of aldehydes is 1. The van der Waals surface area contributed by atoms with Gasteiger partial charge in [0.05, 0.1) is 11.3 Å². The van der Waals surface area contributed by atoms with Gasteiger partial charge in [0.25, 0.3) is 0 Å². The van der Waals surface area contributed by atoms with Crippen molar-refractivity contribution in [3.05, 3.63) is 24.0 Å². The van der Waals surface area contributed by atoms with E-state index in [-0.39, 0.29) is 0 Å². The van der Waals surface area contributed by atoms with Crippen LogP contribution in [0.4, 0.5) is 5.69 Å². The molecule has 3 heteroatoms. The van der Waals surface area contributed by atoms with E-state index in [0.29, 0.717) is 5.56 Å². The summed E-state index contributed by atoms with van der Waals surface area (Å²) in [4.78, 5) is 16.7. The van der Waals surface area contributed by atoms with E-state index in [9.17, 15) is 4.79 Å². The van der Waals surface area contributed by atoms with Crippen molar-refractivity contribution < 1.29 is 4.79 Å². The zero-order chi connectivity index (χ0) is 9.68. The van der Waals surface area contributed by atoms with Crippen LogP contribution in [0.3, 0.4) is 0 Å². The van der Waals surface area contributed by atoms with Crippen molar-refractivity contribution >= 4 is 12.0 Å². The molecule has 0 spiro atoms. The number of carbonyl (C=O) groups is 1. The summed E-state index contributed by atoms with van der Waals surface area (Å²) < 4.78 is 0. The van der Waals surface area contributed by atoms with Gasteiger partial charge in [-0.05, 0) is 19.9 Å². The molecule has 0 bridgehead atoms. The lowest BCUT2D eigenvalue weighted by Gasteiger charge is -2.21. The minimum absolute atomic E-state index is 0.659. The van der Waals surface area contributed by atoms with Crippen molar-refractivity contribution in [2.45, 2.75) is 13.8 Å². The highest BCUT2D eigenvalue weighted by Gasteiger charge is 2.06. The van der Waals surface area contributed by atoms with E-state index in [4.69, 9.17) is 0 Å². The molecule has 0 aliphatic rings. The highest BCUT2D eigenvalue weighted by atomic mass is 16.1. The summed E-state index contributed by atoms with van der Waals surface area (Å²) in [7, 11) is 0. The summed E-state index contributed by atoms with van der Waals surface area (Å²) in [6.07, 6.45) is 4.15. The second kappa shape index (κ2) is 4.60. The Balaban J connectivity index is 3.03. The third-order valence-electron chi connectivity index (χ3n) is 2.06. The third kappa shape index (κ3) is 2.05. The quantitative estimate of drug-likeness (QED) is 0.658. The summed E-state index contributed by atoms with van der Waals surface area (Å²) in [6, 6.07) is 1.87. The molecular formula is C10H14N2O. The zero-order valence-corrected chi connectivity index (χ0v) is 8.03. The maximum Gasteiger partial charge on any atom is 0.153 e. The molecule has 13 heavy (non-hydrogen) atoms. The van der Waals surface area contributed by atoms with Crippen LogP contribution >= 0.6 is 0 Å². The van der Waals surface area contributed by atoms with Crippen molar-refractivity contribution in [2.75, 3.05) is 18.0 Å². The molecule has 1 aromatic rings. The van der Waals surface area contributed by atoms with Crippen LogP contribution in [-0.4, -0.2) is 24.4 Å². The van der Waals surface area contributed by atoms with Gasteiger partial charge in [0.15, 0.2) is 6.29 Å². The molecular weight excluding hydrogens is 164 g/mol. The first-order valence-electron chi connectivity index (χ1n) is 4.47. The van der Waals surface area contributed by atoms with Gasteiger partial charge in [0.1, 0.15) is 0 Å². The molecule has 0 aliphatic heterocycles. The van der Waals surface area contributed by atoms with Crippen LogP contribution in [0.25, 0.3) is 0 Å². The molecule has 0 amide bonds. The van der Waals surface area contributed by atoms with Gasteiger partial charge in [0.2, 0.25) is 0 Å². The van der Waals surface area contributed by atoms with Gasteiger partial charge in [0, 0.05) is 25.5 Å². The fraction of sp³-hybridized carbons (Fsp3) is 0.400. The molecule has 0 radical (unpaired) electrons. The number of rotatable bonds is 4. The van der Waals surface area contributed by atoms with E-state index in [1.165, 1.54) is 0 Å². The minimum atomic E-state index is 0.659. The van der Waals surface area contributed by atoms with Crippen LogP contribution in [0.2, 0.25) is 0 Å². The van der Waals surface area contributed by atoms with E-state index in [0.717, 1.165) is 25.1 Å². The SMILES string of the molecule is CCN(CC)c1ccncc1C=O. The summed E-state index contributed by atoms with van der Waals surface area (Å²) in [5.41, 5.74) is 1.63. The Morgan fingerprint density at radius 2 is 2.15 bits per heavy atom. The molecule has 1 aromatic heterocycles. The number of aromatic nitrogens is 1. The van der Waals surface area contributed by atoms with Crippen LogP contribution in [0, 0.1) is 0 Å². The molecule has 70 valence electrons. The Hall–Kier alpha value is -1.38. The van der Waals surface area contributed by atoms with Crippen LogP contribution in [0.15, 0.2) is 18.5 Å². The monoisotopic (exact) mass is 178 g/mol. The smallest absolute Gasteiger partial charge is 0.153 e. The van der Waals surface area contributed by atoms with Crippen molar-refractivity contribution in [3.8, 4) is 0 Å². The summed E-state index contributed by atoms with van der Waals surface area (Å²) in [5, 5.41) is 0. The maximum absolute atomic E-state index is 10.7. The second-order valence-corrected chi connectivity index (χ2v) is 2.72. The first-order valence-corrected chi connectivity index (χ1v) is 4.47. The molecule has 3 nitrogen and oxygen atoms in total. The molecule has 0 unspecified atom stereocenters. The topological polar surface area (TPSA) is 33.2 Å². The lowest BCUT2D eigenvalue weighted by molar-refractivity contribution is 0.112. The van der Waals surface area contributed by atoms with E-state index in [1.807, 2.05) is 6.07 Å².